The van der Waals surface area contributed by atoms with Crippen LogP contribution in [0, 0.1) is 23.3 Å². The van der Waals surface area contributed by atoms with Crippen molar-refractivity contribution in [3.05, 3.63) is 139 Å². The summed E-state index contributed by atoms with van der Waals surface area (Å²) >= 11 is 0. The van der Waals surface area contributed by atoms with Gasteiger partial charge in [-0.15, -0.1) is 0 Å². The van der Waals surface area contributed by atoms with Crippen LogP contribution in [-0.4, -0.2) is 64.7 Å². The smallest absolute Gasteiger partial charge is 0.402 e. The highest BCUT2D eigenvalue weighted by atomic mass is 19.2. The second kappa shape index (κ2) is 20.4. The predicted octanol–water partition coefficient (Wildman–Crippen LogP) is 6.60. The Morgan fingerprint density at radius 2 is 0.578 bits per heavy atom. The number of para-hydroxylation sites is 3. The van der Waals surface area contributed by atoms with Gasteiger partial charge in [0.1, 0.15) is 0 Å². The van der Waals surface area contributed by atoms with Gasteiger partial charge in [-0.2, -0.15) is 0 Å². The van der Waals surface area contributed by atoms with Crippen LogP contribution in [0.2, 0.25) is 0 Å². The van der Waals surface area contributed by atoms with Crippen LogP contribution < -0.4 is 14.7 Å². The Hall–Kier alpha value is -4.58. The van der Waals surface area contributed by atoms with Crippen molar-refractivity contribution in [1.82, 2.24) is 0 Å². The van der Waals surface area contributed by atoms with E-state index >= 15 is 0 Å². The molecule has 0 atom stereocenters. The summed E-state index contributed by atoms with van der Waals surface area (Å²) < 4.78 is 51.6. The molecule has 0 unspecified atom stereocenters. The molecule has 0 radical (unpaired) electrons. The fraction of sp³-hybridized carbons (Fsp3) is 0.176. The van der Waals surface area contributed by atoms with Crippen molar-refractivity contribution in [3.63, 3.8) is 0 Å². The summed E-state index contributed by atoms with van der Waals surface area (Å²) in [6.07, 6.45) is 0. The molecule has 0 amide bonds. The first-order valence-electron chi connectivity index (χ1n) is 13.7. The maximum Gasteiger partial charge on any atom is 0.631 e. The van der Waals surface area contributed by atoms with Gasteiger partial charge in [0, 0.05) is 70.1 Å². The van der Waals surface area contributed by atoms with Crippen molar-refractivity contribution in [2.24, 2.45) is 0 Å². The van der Waals surface area contributed by atoms with Gasteiger partial charge in [0.05, 0.1) is 0 Å². The van der Waals surface area contributed by atoms with E-state index < -0.39 is 30.6 Å². The number of hydrogen-bond donors (Lipinski definition) is 3. The van der Waals surface area contributed by atoms with E-state index in [0.717, 1.165) is 0 Å². The van der Waals surface area contributed by atoms with Gasteiger partial charge in [0.2, 0.25) is 0 Å². The van der Waals surface area contributed by atoms with E-state index in [1.54, 1.807) is 0 Å². The zero-order valence-corrected chi connectivity index (χ0v) is 26.2. The Kier molecular flexibility index (Phi) is 17.4. The molecule has 0 saturated heterocycles. The number of anilines is 3. The normalized spacial score (nSPS) is 9.44. The third kappa shape index (κ3) is 14.2. The minimum absolute atomic E-state index is 0.260. The number of hydrogen-bond acceptors (Lipinski definition) is 6. The molecule has 0 aliphatic heterocycles. The largest absolute Gasteiger partial charge is 0.631 e. The van der Waals surface area contributed by atoms with Crippen molar-refractivity contribution < 1.29 is 32.6 Å². The lowest BCUT2D eigenvalue weighted by Crippen LogP contribution is -2.07. The molecular formula is C34H40BF4N3O3. The molecule has 3 N–H and O–H groups in total. The van der Waals surface area contributed by atoms with Gasteiger partial charge in [0.15, 0.2) is 23.3 Å². The summed E-state index contributed by atoms with van der Waals surface area (Å²) in [7, 11) is 10.1. The van der Waals surface area contributed by atoms with Crippen molar-refractivity contribution in [1.29, 1.82) is 0 Å². The number of nitrogens with zero attached hydrogens (tertiary/aromatic N) is 3. The van der Waals surface area contributed by atoms with E-state index in [1.165, 1.54) is 41.3 Å². The number of rotatable bonds is 3. The van der Waals surface area contributed by atoms with Gasteiger partial charge in [0.25, 0.3) is 0 Å². The first kappa shape index (κ1) is 38.4. The molecule has 0 aliphatic carbocycles. The second-order valence-corrected chi connectivity index (χ2v) is 9.84. The fourth-order valence-electron chi connectivity index (χ4n) is 3.47. The monoisotopic (exact) mass is 625 g/mol. The SMILES string of the molecule is CN(C)c1ccccc1.CN(C)c1ccccc1.CN(C)c1ccccc1.Fc1c(F)c(F)c2ccccc2c1F.OB(O)O. The Bertz CT molecular complexity index is 1360. The van der Waals surface area contributed by atoms with E-state index in [-0.39, 0.29) is 10.8 Å². The van der Waals surface area contributed by atoms with Crippen LogP contribution in [0.5, 0.6) is 0 Å². The molecule has 45 heavy (non-hydrogen) atoms. The molecular weight excluding hydrogens is 585 g/mol. The summed E-state index contributed by atoms with van der Waals surface area (Å²) in [5.74, 6) is -6.28. The third-order valence-corrected chi connectivity index (χ3v) is 5.80. The lowest BCUT2D eigenvalue weighted by atomic mass is 10.1. The number of benzene rings is 5. The molecule has 5 aromatic rings. The van der Waals surface area contributed by atoms with Crippen LogP contribution in [0.1, 0.15) is 0 Å². The average Bonchev–Trinajstić information content (AvgIpc) is 3.04. The third-order valence-electron chi connectivity index (χ3n) is 5.80. The van der Waals surface area contributed by atoms with Crippen LogP contribution >= 0.6 is 0 Å². The maximum atomic E-state index is 13.1. The average molecular weight is 626 g/mol. The lowest BCUT2D eigenvalue weighted by molar-refractivity contribution is 0.278. The quantitative estimate of drug-likeness (QED) is 0.0909. The van der Waals surface area contributed by atoms with Gasteiger partial charge >= 0.3 is 7.32 Å². The molecule has 0 heterocycles. The summed E-state index contributed by atoms with van der Waals surface area (Å²) in [5, 5.41) is 21.0. The van der Waals surface area contributed by atoms with Gasteiger partial charge in [-0.1, -0.05) is 78.9 Å². The van der Waals surface area contributed by atoms with E-state index in [4.69, 9.17) is 15.1 Å². The van der Waals surface area contributed by atoms with Crippen molar-refractivity contribution in [2.45, 2.75) is 0 Å². The fourth-order valence-corrected chi connectivity index (χ4v) is 3.47. The number of fused-ring (bicyclic) bond motifs is 1. The predicted molar refractivity (Wildman–Crippen MR) is 178 cm³/mol. The van der Waals surface area contributed by atoms with Crippen molar-refractivity contribution in [3.8, 4) is 0 Å². The summed E-state index contributed by atoms with van der Waals surface area (Å²) in [6.45, 7) is 0. The lowest BCUT2D eigenvalue weighted by Gasteiger charge is -2.10. The van der Waals surface area contributed by atoms with Crippen molar-refractivity contribution >= 4 is 35.2 Å². The van der Waals surface area contributed by atoms with Crippen molar-refractivity contribution in [2.75, 3.05) is 57.0 Å². The second-order valence-electron chi connectivity index (χ2n) is 9.84. The van der Waals surface area contributed by atoms with Gasteiger partial charge in [-0.05, 0) is 36.4 Å². The molecule has 0 bridgehead atoms. The molecule has 0 saturated carbocycles. The van der Waals surface area contributed by atoms with Gasteiger partial charge in [-0.3, -0.25) is 0 Å². The number of halogens is 4. The summed E-state index contributed by atoms with van der Waals surface area (Å²) in [6, 6.07) is 36.0. The van der Waals surface area contributed by atoms with Crippen LogP contribution in [0.15, 0.2) is 115 Å². The Morgan fingerprint density at radius 3 is 0.756 bits per heavy atom. The molecule has 5 aromatic carbocycles. The summed E-state index contributed by atoms with van der Waals surface area (Å²) in [5.41, 5.74) is 3.74. The molecule has 6 nitrogen and oxygen atoms in total. The van der Waals surface area contributed by atoms with Gasteiger partial charge < -0.3 is 29.8 Å². The van der Waals surface area contributed by atoms with E-state index in [2.05, 4.69) is 51.1 Å². The van der Waals surface area contributed by atoms with Gasteiger partial charge in [-0.25, -0.2) is 17.6 Å². The first-order valence-corrected chi connectivity index (χ1v) is 13.7. The maximum absolute atomic E-state index is 13.1. The molecule has 0 fully saturated rings. The first-order chi connectivity index (χ1) is 21.3. The minimum Gasteiger partial charge on any atom is -0.402 e. The van der Waals surface area contributed by atoms with Crippen LogP contribution in [0.4, 0.5) is 34.6 Å². The highest BCUT2D eigenvalue weighted by Gasteiger charge is 2.19. The van der Waals surface area contributed by atoms with Crippen LogP contribution in [-0.2, 0) is 0 Å². The zero-order valence-electron chi connectivity index (χ0n) is 26.2. The highest BCUT2D eigenvalue weighted by Crippen LogP contribution is 2.26. The van der Waals surface area contributed by atoms with E-state index in [1.807, 2.05) is 96.9 Å². The zero-order chi connectivity index (χ0) is 33.9. The van der Waals surface area contributed by atoms with E-state index in [9.17, 15) is 17.6 Å². The molecule has 0 spiro atoms. The molecule has 5 rings (SSSR count). The highest BCUT2D eigenvalue weighted by molar-refractivity contribution is 6.30. The summed E-state index contributed by atoms with van der Waals surface area (Å²) in [4.78, 5) is 6.25. The topological polar surface area (TPSA) is 70.4 Å². The Balaban J connectivity index is 0.000000294. The Labute approximate surface area is 263 Å². The molecule has 0 aliphatic rings. The van der Waals surface area contributed by atoms with Crippen LogP contribution in [0.25, 0.3) is 10.8 Å². The molecule has 0 aromatic heterocycles. The molecule has 240 valence electrons. The minimum atomic E-state index is -2.17. The standard InChI is InChI=1S/C10H4F4.3C8H11N.BH3O3/c11-7-5-3-1-2-4-6(5)8(12)10(14)9(7)13;3*1-9(2)8-6-4-3-5-7-8;2-1(3)4/h1-4H;3*3-7H,1-2H3;2-4H. The van der Waals surface area contributed by atoms with E-state index in [0.29, 0.717) is 0 Å². The molecule has 11 heteroatoms. The Morgan fingerprint density at radius 1 is 0.378 bits per heavy atom. The van der Waals surface area contributed by atoms with Crippen LogP contribution in [0.3, 0.4) is 0 Å².